The van der Waals surface area contributed by atoms with Crippen molar-refractivity contribution in [3.05, 3.63) is 113 Å². The van der Waals surface area contributed by atoms with Gasteiger partial charge in [-0.15, -0.1) is 0 Å². The van der Waals surface area contributed by atoms with E-state index in [1.807, 2.05) is 83.5 Å². The fourth-order valence-corrected chi connectivity index (χ4v) is 3.94. The second-order valence-corrected chi connectivity index (χ2v) is 8.04. The third kappa shape index (κ3) is 4.21. The van der Waals surface area contributed by atoms with E-state index in [9.17, 15) is 4.79 Å². The monoisotopic (exact) mass is 456 g/mol. The van der Waals surface area contributed by atoms with Crippen LogP contribution in [0.3, 0.4) is 0 Å². The molecule has 7 heteroatoms. The zero-order valence-corrected chi connectivity index (χ0v) is 18.6. The summed E-state index contributed by atoms with van der Waals surface area (Å²) in [6.07, 6.45) is 3.68. The summed E-state index contributed by atoms with van der Waals surface area (Å²) < 4.78 is 7.11. The first kappa shape index (κ1) is 20.8. The van der Waals surface area contributed by atoms with Crippen LogP contribution in [-0.4, -0.2) is 22.8 Å². The van der Waals surface area contributed by atoms with Crippen LogP contribution in [0.5, 0.6) is 5.75 Å². The Balaban J connectivity index is 1.55. The van der Waals surface area contributed by atoms with Crippen molar-refractivity contribution in [2.45, 2.75) is 6.04 Å². The van der Waals surface area contributed by atoms with Crippen LogP contribution < -0.4 is 15.4 Å². The molecular formula is C26H21ClN4O2. The molecule has 0 unspecified atom stereocenters. The molecule has 1 aliphatic heterocycles. The number of hydrogen-bond donors (Lipinski definition) is 2. The number of anilines is 2. The van der Waals surface area contributed by atoms with Gasteiger partial charge < -0.3 is 15.4 Å². The minimum atomic E-state index is -0.235. The SMILES string of the molecule is COc1ccc(C2=C[C@H](c3ccc(Cl)cc3)n3ncc(C(=O)Nc4ccccc4)c3N2)cc1. The molecule has 1 atom stereocenters. The Morgan fingerprint density at radius 1 is 1.03 bits per heavy atom. The van der Waals surface area contributed by atoms with Gasteiger partial charge in [-0.1, -0.05) is 41.9 Å². The molecular weight excluding hydrogens is 436 g/mol. The van der Waals surface area contributed by atoms with E-state index in [0.717, 1.165) is 28.3 Å². The maximum absolute atomic E-state index is 13.1. The van der Waals surface area contributed by atoms with Crippen LogP contribution in [0.15, 0.2) is 91.1 Å². The Kier molecular flexibility index (Phi) is 5.59. The number of nitrogens with zero attached hydrogens (tertiary/aromatic N) is 2. The summed E-state index contributed by atoms with van der Waals surface area (Å²) in [5, 5.41) is 11.6. The molecule has 3 aromatic carbocycles. The Hall–Kier alpha value is -4.03. The number of hydrogen-bond acceptors (Lipinski definition) is 4. The number of aromatic nitrogens is 2. The van der Waals surface area contributed by atoms with Crippen molar-refractivity contribution in [1.82, 2.24) is 9.78 Å². The summed E-state index contributed by atoms with van der Waals surface area (Å²) in [4.78, 5) is 13.1. The number of carbonyl (C=O) groups is 1. The lowest BCUT2D eigenvalue weighted by Crippen LogP contribution is -2.22. The van der Waals surface area contributed by atoms with Gasteiger partial charge in [0.25, 0.3) is 5.91 Å². The van der Waals surface area contributed by atoms with Gasteiger partial charge in [0.15, 0.2) is 0 Å². The zero-order chi connectivity index (χ0) is 22.8. The number of fused-ring (bicyclic) bond motifs is 1. The average molecular weight is 457 g/mol. The quantitative estimate of drug-likeness (QED) is 0.395. The van der Waals surface area contributed by atoms with E-state index in [0.29, 0.717) is 16.4 Å². The molecule has 0 saturated heterocycles. The molecule has 2 heterocycles. The number of carbonyl (C=O) groups excluding carboxylic acids is 1. The highest BCUT2D eigenvalue weighted by Gasteiger charge is 2.28. The number of halogens is 1. The van der Waals surface area contributed by atoms with E-state index < -0.39 is 0 Å². The van der Waals surface area contributed by atoms with Crippen LogP contribution in [0, 0.1) is 0 Å². The highest BCUT2D eigenvalue weighted by Crippen LogP contribution is 2.36. The topological polar surface area (TPSA) is 68.2 Å². The van der Waals surface area contributed by atoms with Crippen molar-refractivity contribution in [3.63, 3.8) is 0 Å². The van der Waals surface area contributed by atoms with Gasteiger partial charge in [0.2, 0.25) is 0 Å². The number of methoxy groups -OCH3 is 1. The highest BCUT2D eigenvalue weighted by atomic mass is 35.5. The maximum Gasteiger partial charge on any atom is 0.261 e. The lowest BCUT2D eigenvalue weighted by atomic mass is 10.0. The number of para-hydroxylation sites is 1. The molecule has 0 saturated carbocycles. The Morgan fingerprint density at radius 2 is 1.76 bits per heavy atom. The highest BCUT2D eigenvalue weighted by molar-refractivity contribution is 6.30. The van der Waals surface area contributed by atoms with Gasteiger partial charge >= 0.3 is 0 Å². The molecule has 0 fully saturated rings. The molecule has 2 N–H and O–H groups in total. The first-order valence-electron chi connectivity index (χ1n) is 10.4. The Bertz CT molecular complexity index is 1310. The number of benzene rings is 3. The largest absolute Gasteiger partial charge is 0.497 e. The predicted octanol–water partition coefficient (Wildman–Crippen LogP) is 5.85. The van der Waals surface area contributed by atoms with Crippen molar-refractivity contribution >= 4 is 34.7 Å². The predicted molar refractivity (Wildman–Crippen MR) is 131 cm³/mol. The van der Waals surface area contributed by atoms with Crippen LogP contribution in [0.25, 0.3) is 5.70 Å². The van der Waals surface area contributed by atoms with Crippen LogP contribution in [0.4, 0.5) is 11.5 Å². The van der Waals surface area contributed by atoms with Gasteiger partial charge in [0.05, 0.1) is 19.3 Å². The van der Waals surface area contributed by atoms with Gasteiger partial charge in [-0.25, -0.2) is 4.68 Å². The number of ether oxygens (including phenoxy) is 1. The maximum atomic E-state index is 13.1. The van der Waals surface area contributed by atoms with Crippen molar-refractivity contribution < 1.29 is 9.53 Å². The van der Waals surface area contributed by atoms with Crippen molar-refractivity contribution in [3.8, 4) is 5.75 Å². The Labute approximate surface area is 196 Å². The van der Waals surface area contributed by atoms with E-state index in [1.54, 1.807) is 13.3 Å². The summed E-state index contributed by atoms with van der Waals surface area (Å²) >= 11 is 6.11. The number of allylic oxidation sites excluding steroid dienone is 1. The normalized spacial score (nSPS) is 14.6. The molecule has 0 bridgehead atoms. The fourth-order valence-electron chi connectivity index (χ4n) is 3.82. The molecule has 0 aliphatic carbocycles. The van der Waals surface area contributed by atoms with Gasteiger partial charge in [-0.05, 0) is 65.7 Å². The van der Waals surface area contributed by atoms with Gasteiger partial charge in [-0.3, -0.25) is 4.79 Å². The summed E-state index contributed by atoms with van der Waals surface area (Å²) in [5.41, 5.74) is 4.03. The first-order chi connectivity index (χ1) is 16.1. The van der Waals surface area contributed by atoms with E-state index >= 15 is 0 Å². The third-order valence-corrected chi connectivity index (χ3v) is 5.78. The molecule has 33 heavy (non-hydrogen) atoms. The lowest BCUT2D eigenvalue weighted by molar-refractivity contribution is 0.102. The lowest BCUT2D eigenvalue weighted by Gasteiger charge is -2.26. The van der Waals surface area contributed by atoms with Crippen LogP contribution in [0.1, 0.15) is 27.5 Å². The van der Waals surface area contributed by atoms with E-state index in [-0.39, 0.29) is 11.9 Å². The molecule has 5 rings (SSSR count). The van der Waals surface area contributed by atoms with E-state index in [2.05, 4.69) is 21.8 Å². The number of rotatable bonds is 5. The second-order valence-electron chi connectivity index (χ2n) is 7.60. The van der Waals surface area contributed by atoms with Crippen molar-refractivity contribution in [2.75, 3.05) is 17.7 Å². The Morgan fingerprint density at radius 3 is 2.45 bits per heavy atom. The van der Waals surface area contributed by atoms with E-state index in [1.165, 1.54) is 0 Å². The van der Waals surface area contributed by atoms with Crippen LogP contribution in [0.2, 0.25) is 5.02 Å². The average Bonchev–Trinajstić information content (AvgIpc) is 3.29. The standard InChI is InChI=1S/C26H21ClN4O2/c1-33-21-13-9-17(10-14-21)23-15-24(18-7-11-19(27)12-8-18)31-25(30-23)22(16-28-31)26(32)29-20-5-3-2-4-6-20/h2-16,24,30H,1H3,(H,29,32)/t24-/m1/s1. The third-order valence-electron chi connectivity index (χ3n) is 5.53. The van der Waals surface area contributed by atoms with Gasteiger partial charge in [-0.2, -0.15) is 5.10 Å². The molecule has 1 aromatic heterocycles. The number of amides is 1. The smallest absolute Gasteiger partial charge is 0.261 e. The minimum absolute atomic E-state index is 0.214. The molecule has 0 spiro atoms. The fraction of sp³-hybridized carbons (Fsp3) is 0.0769. The van der Waals surface area contributed by atoms with Crippen LogP contribution in [-0.2, 0) is 0 Å². The van der Waals surface area contributed by atoms with Crippen molar-refractivity contribution in [2.24, 2.45) is 0 Å². The van der Waals surface area contributed by atoms with E-state index in [4.69, 9.17) is 16.3 Å². The zero-order valence-electron chi connectivity index (χ0n) is 17.8. The molecule has 164 valence electrons. The number of nitrogens with one attached hydrogen (secondary N) is 2. The summed E-state index contributed by atoms with van der Waals surface area (Å²) in [6.45, 7) is 0. The van der Waals surface area contributed by atoms with Gasteiger partial charge in [0, 0.05) is 16.4 Å². The summed E-state index contributed by atoms with van der Waals surface area (Å²) in [7, 11) is 1.64. The second kappa shape index (κ2) is 8.84. The molecule has 1 aliphatic rings. The van der Waals surface area contributed by atoms with Crippen molar-refractivity contribution in [1.29, 1.82) is 0 Å². The molecule has 4 aromatic rings. The molecule has 0 radical (unpaired) electrons. The van der Waals surface area contributed by atoms with Crippen LogP contribution >= 0.6 is 11.6 Å². The molecule has 1 amide bonds. The summed E-state index contributed by atoms with van der Waals surface area (Å²) in [6, 6.07) is 24.6. The minimum Gasteiger partial charge on any atom is -0.497 e. The first-order valence-corrected chi connectivity index (χ1v) is 10.8. The summed E-state index contributed by atoms with van der Waals surface area (Å²) in [5.74, 6) is 1.16. The molecule has 6 nitrogen and oxygen atoms in total. The van der Waals surface area contributed by atoms with Gasteiger partial charge in [0.1, 0.15) is 17.1 Å².